The summed E-state index contributed by atoms with van der Waals surface area (Å²) in [5.74, 6) is -0.436. The predicted octanol–water partition coefficient (Wildman–Crippen LogP) is 4.16. The molecule has 0 amide bonds. The second kappa shape index (κ2) is 7.36. The Labute approximate surface area is 160 Å². The second-order valence-electron chi connectivity index (χ2n) is 5.27. The van der Waals surface area contributed by atoms with E-state index in [0.717, 1.165) is 9.75 Å². The third-order valence-electron chi connectivity index (χ3n) is 3.54. The van der Waals surface area contributed by atoms with Crippen LogP contribution >= 0.6 is 34.0 Å². The fraction of sp³-hybridized carbons (Fsp3) is 0.0556. The van der Waals surface area contributed by atoms with E-state index in [9.17, 15) is 9.59 Å². The molecule has 0 aliphatic rings. The Hall–Kier alpha value is -2.55. The van der Waals surface area contributed by atoms with E-state index < -0.39 is 5.97 Å². The highest BCUT2D eigenvalue weighted by molar-refractivity contribution is 7.15. The molecule has 0 atom stereocenters. The number of thiazole rings is 1. The zero-order valence-corrected chi connectivity index (χ0v) is 15.8. The molecule has 5 nitrogen and oxygen atoms in total. The van der Waals surface area contributed by atoms with E-state index in [1.807, 2.05) is 41.1 Å². The van der Waals surface area contributed by atoms with Crippen LogP contribution in [0.1, 0.15) is 15.4 Å². The lowest BCUT2D eigenvalue weighted by Gasteiger charge is -2.07. The summed E-state index contributed by atoms with van der Waals surface area (Å²) < 4.78 is 6.90. The molecule has 0 bridgehead atoms. The van der Waals surface area contributed by atoms with Gasteiger partial charge in [-0.1, -0.05) is 12.1 Å². The monoisotopic (exact) mass is 400 g/mol. The highest BCUT2D eigenvalue weighted by Gasteiger charge is 2.16. The summed E-state index contributed by atoms with van der Waals surface area (Å²) in [6, 6.07) is 9.04. The molecule has 0 aliphatic carbocycles. The van der Waals surface area contributed by atoms with Crippen LogP contribution in [0.3, 0.4) is 0 Å². The molecule has 0 aliphatic heterocycles. The minimum Gasteiger partial charge on any atom is -0.456 e. The second-order valence-corrected chi connectivity index (χ2v) is 8.07. The largest absolute Gasteiger partial charge is 0.456 e. The van der Waals surface area contributed by atoms with Crippen LogP contribution in [0.2, 0.25) is 0 Å². The van der Waals surface area contributed by atoms with Gasteiger partial charge < -0.3 is 4.74 Å². The normalized spacial score (nSPS) is 11.8. The molecule has 8 heteroatoms. The Kier molecular flexibility index (Phi) is 4.79. The summed E-state index contributed by atoms with van der Waals surface area (Å²) in [7, 11) is 0. The van der Waals surface area contributed by atoms with Crippen LogP contribution in [0.5, 0.6) is 0 Å². The minimum absolute atomic E-state index is 0.0460. The van der Waals surface area contributed by atoms with Crippen molar-refractivity contribution in [2.24, 2.45) is 0 Å². The van der Waals surface area contributed by atoms with Crippen molar-refractivity contribution in [2.75, 3.05) is 0 Å². The molecule has 130 valence electrons. The van der Waals surface area contributed by atoms with Gasteiger partial charge in [0, 0.05) is 27.4 Å². The van der Waals surface area contributed by atoms with Gasteiger partial charge in [-0.2, -0.15) is 0 Å². The Morgan fingerprint density at radius 1 is 1.15 bits per heavy atom. The Morgan fingerprint density at radius 3 is 2.77 bits per heavy atom. The van der Waals surface area contributed by atoms with Gasteiger partial charge in [0.2, 0.25) is 0 Å². The van der Waals surface area contributed by atoms with Crippen molar-refractivity contribution in [3.05, 3.63) is 78.5 Å². The number of esters is 1. The van der Waals surface area contributed by atoms with Gasteiger partial charge in [0.1, 0.15) is 6.61 Å². The third kappa shape index (κ3) is 3.52. The van der Waals surface area contributed by atoms with E-state index in [4.69, 9.17) is 4.74 Å². The molecule has 0 N–H and O–H groups in total. The summed E-state index contributed by atoms with van der Waals surface area (Å²) in [4.78, 5) is 31.4. The summed E-state index contributed by atoms with van der Waals surface area (Å²) in [5, 5.41) is 5.66. The molecule has 4 aromatic heterocycles. The topological polar surface area (TPSA) is 60.7 Å². The van der Waals surface area contributed by atoms with Crippen LogP contribution in [0.25, 0.3) is 16.6 Å². The lowest BCUT2D eigenvalue weighted by atomic mass is 10.2. The van der Waals surface area contributed by atoms with Crippen LogP contribution in [-0.4, -0.2) is 15.4 Å². The van der Waals surface area contributed by atoms with Gasteiger partial charge >= 0.3 is 5.97 Å². The molecule has 0 spiro atoms. The molecule has 26 heavy (non-hydrogen) atoms. The van der Waals surface area contributed by atoms with Crippen LogP contribution < -0.4 is 5.56 Å². The number of rotatable bonds is 5. The number of fused-ring (bicyclic) bond motifs is 1. The molecule has 0 saturated heterocycles. The van der Waals surface area contributed by atoms with Gasteiger partial charge in [0.05, 0.1) is 11.3 Å². The molecular weight excluding hydrogens is 388 g/mol. The average Bonchev–Trinajstić information content (AvgIpc) is 3.39. The first-order valence-electron chi connectivity index (χ1n) is 7.63. The smallest absolute Gasteiger partial charge is 0.340 e. The number of hydrogen-bond acceptors (Lipinski definition) is 7. The summed E-state index contributed by atoms with van der Waals surface area (Å²) in [6.07, 6.45) is 3.49. The van der Waals surface area contributed by atoms with Crippen molar-refractivity contribution < 1.29 is 9.53 Å². The van der Waals surface area contributed by atoms with E-state index in [0.29, 0.717) is 16.2 Å². The number of thiophene rings is 2. The van der Waals surface area contributed by atoms with Crippen LogP contribution in [-0.2, 0) is 16.1 Å². The van der Waals surface area contributed by atoms with Crippen molar-refractivity contribution in [3.63, 3.8) is 0 Å². The van der Waals surface area contributed by atoms with Crippen LogP contribution in [0.4, 0.5) is 0 Å². The van der Waals surface area contributed by atoms with Crippen molar-refractivity contribution in [1.29, 1.82) is 0 Å². The third-order valence-corrected chi connectivity index (χ3v) is 6.02. The number of carbonyl (C=O) groups excluding carboxylic acids is 1. The number of hydrogen-bond donors (Lipinski definition) is 0. The first kappa shape index (κ1) is 16.9. The van der Waals surface area contributed by atoms with Crippen molar-refractivity contribution in [2.45, 2.75) is 6.61 Å². The lowest BCUT2D eigenvalue weighted by Crippen LogP contribution is -2.15. The SMILES string of the molecule is O=C(OCc1cc(=O)n2ccsc2n1)/C(=C/c1cccs1)c1cccs1. The maximum absolute atomic E-state index is 12.7. The molecule has 4 heterocycles. The van der Waals surface area contributed by atoms with Gasteiger partial charge in [-0.3, -0.25) is 9.20 Å². The van der Waals surface area contributed by atoms with Crippen LogP contribution in [0.15, 0.2) is 57.5 Å². The zero-order chi connectivity index (χ0) is 17.9. The maximum Gasteiger partial charge on any atom is 0.340 e. The summed E-state index contributed by atoms with van der Waals surface area (Å²) in [6.45, 7) is -0.0460. The standard InChI is InChI=1S/C18H12N2O3S3/c21-16-9-12(19-18-20(16)5-8-26-18)11-23-17(22)14(15-4-2-7-25-15)10-13-3-1-6-24-13/h1-10H,11H2/b14-10+. The molecule has 4 aromatic rings. The Bertz CT molecular complexity index is 1120. The van der Waals surface area contributed by atoms with Crippen LogP contribution in [0, 0.1) is 0 Å². The average molecular weight is 401 g/mol. The van der Waals surface area contributed by atoms with Gasteiger partial charge in [-0.15, -0.1) is 34.0 Å². The summed E-state index contributed by atoms with van der Waals surface area (Å²) in [5.41, 5.74) is 0.749. The van der Waals surface area contributed by atoms with E-state index in [1.54, 1.807) is 22.9 Å². The van der Waals surface area contributed by atoms with E-state index in [2.05, 4.69) is 4.98 Å². The quantitative estimate of drug-likeness (QED) is 0.373. The molecule has 4 rings (SSSR count). The fourth-order valence-electron chi connectivity index (χ4n) is 2.36. The van der Waals surface area contributed by atoms with E-state index in [1.165, 1.54) is 33.1 Å². The number of ether oxygens (including phenoxy) is 1. The van der Waals surface area contributed by atoms with Gasteiger partial charge in [-0.05, 0) is 29.0 Å². The van der Waals surface area contributed by atoms with E-state index in [-0.39, 0.29) is 12.2 Å². The number of nitrogens with zero attached hydrogens (tertiary/aromatic N) is 2. The summed E-state index contributed by atoms with van der Waals surface area (Å²) >= 11 is 4.39. The molecule has 0 fully saturated rings. The first-order valence-corrected chi connectivity index (χ1v) is 10.3. The van der Waals surface area contributed by atoms with Crippen molar-refractivity contribution in [1.82, 2.24) is 9.38 Å². The lowest BCUT2D eigenvalue weighted by molar-refractivity contribution is -0.137. The zero-order valence-electron chi connectivity index (χ0n) is 13.3. The Balaban J connectivity index is 1.57. The van der Waals surface area contributed by atoms with E-state index >= 15 is 0 Å². The van der Waals surface area contributed by atoms with Gasteiger partial charge in [0.25, 0.3) is 5.56 Å². The fourth-order valence-corrected chi connectivity index (χ4v) is 4.48. The molecule has 0 radical (unpaired) electrons. The molecule has 0 unspecified atom stereocenters. The van der Waals surface area contributed by atoms with Gasteiger partial charge in [0.15, 0.2) is 4.96 Å². The minimum atomic E-state index is -0.436. The van der Waals surface area contributed by atoms with Crippen molar-refractivity contribution in [3.8, 4) is 0 Å². The highest BCUT2D eigenvalue weighted by Crippen LogP contribution is 2.26. The molecular formula is C18H12N2O3S3. The predicted molar refractivity (Wildman–Crippen MR) is 106 cm³/mol. The van der Waals surface area contributed by atoms with Gasteiger partial charge in [-0.25, -0.2) is 9.78 Å². The highest BCUT2D eigenvalue weighted by atomic mass is 32.1. The molecule has 0 saturated carbocycles. The number of carbonyl (C=O) groups is 1. The maximum atomic E-state index is 12.7. The Morgan fingerprint density at radius 2 is 2.00 bits per heavy atom. The molecule has 0 aromatic carbocycles. The number of aromatic nitrogens is 2. The van der Waals surface area contributed by atoms with Crippen molar-refractivity contribution >= 4 is 56.6 Å². The first-order chi connectivity index (χ1) is 12.7.